The molecular weight excluding hydrogens is 265 g/mol. The van der Waals surface area contributed by atoms with Crippen molar-refractivity contribution in [2.75, 3.05) is 6.26 Å². The minimum atomic E-state index is -3.18. The van der Waals surface area contributed by atoms with Crippen LogP contribution in [0.1, 0.15) is 5.56 Å². The summed E-state index contributed by atoms with van der Waals surface area (Å²) in [7, 11) is -3.18. The van der Waals surface area contributed by atoms with Crippen molar-refractivity contribution in [2.24, 2.45) is 4.99 Å². The van der Waals surface area contributed by atoms with Crippen molar-refractivity contribution in [1.82, 2.24) is 0 Å². The molecule has 2 aromatic carbocycles. The lowest BCUT2D eigenvalue weighted by Crippen LogP contribution is -1.96. The summed E-state index contributed by atoms with van der Waals surface area (Å²) >= 11 is 0. The van der Waals surface area contributed by atoms with E-state index in [1.807, 2.05) is 0 Å². The second-order valence-corrected chi connectivity index (χ2v) is 6.09. The van der Waals surface area contributed by atoms with Gasteiger partial charge in [0.25, 0.3) is 0 Å². The Morgan fingerprint density at radius 1 is 1.00 bits per heavy atom. The number of halogens is 1. The van der Waals surface area contributed by atoms with Gasteiger partial charge in [0.05, 0.1) is 10.6 Å². The highest BCUT2D eigenvalue weighted by molar-refractivity contribution is 7.90. The van der Waals surface area contributed by atoms with Gasteiger partial charge in [0, 0.05) is 12.5 Å². The van der Waals surface area contributed by atoms with E-state index in [1.165, 1.54) is 24.3 Å². The van der Waals surface area contributed by atoms with Gasteiger partial charge in [0.2, 0.25) is 0 Å². The number of sulfone groups is 1. The molecule has 0 saturated carbocycles. The second kappa shape index (κ2) is 5.32. The van der Waals surface area contributed by atoms with E-state index in [2.05, 4.69) is 4.99 Å². The number of aliphatic imine (C=N–C) groups is 1. The molecule has 3 nitrogen and oxygen atoms in total. The molecule has 0 bridgehead atoms. The zero-order valence-electron chi connectivity index (χ0n) is 10.2. The molecular formula is C14H12FNO2S. The highest BCUT2D eigenvalue weighted by atomic mass is 32.2. The lowest BCUT2D eigenvalue weighted by atomic mass is 10.2. The van der Waals surface area contributed by atoms with E-state index in [0.717, 1.165) is 11.8 Å². The summed E-state index contributed by atoms with van der Waals surface area (Å²) in [6, 6.07) is 12.2. The smallest absolute Gasteiger partial charge is 0.175 e. The fourth-order valence-electron chi connectivity index (χ4n) is 1.48. The number of hydrogen-bond donors (Lipinski definition) is 0. The topological polar surface area (TPSA) is 46.5 Å². The van der Waals surface area contributed by atoms with Crippen LogP contribution in [0.2, 0.25) is 0 Å². The van der Waals surface area contributed by atoms with E-state index < -0.39 is 9.84 Å². The predicted octanol–water partition coefficient (Wildman–Crippen LogP) is 2.98. The van der Waals surface area contributed by atoms with Gasteiger partial charge in [-0.15, -0.1) is 0 Å². The summed E-state index contributed by atoms with van der Waals surface area (Å²) in [6.45, 7) is 0. The molecule has 0 amide bonds. The molecule has 0 radical (unpaired) electrons. The minimum absolute atomic E-state index is 0.270. The fraction of sp³-hybridized carbons (Fsp3) is 0.0714. The molecule has 0 aromatic heterocycles. The van der Waals surface area contributed by atoms with Crippen LogP contribution < -0.4 is 0 Å². The minimum Gasteiger partial charge on any atom is -0.256 e. The monoisotopic (exact) mass is 277 g/mol. The van der Waals surface area contributed by atoms with Crippen LogP contribution in [-0.2, 0) is 9.84 Å². The van der Waals surface area contributed by atoms with Crippen molar-refractivity contribution < 1.29 is 12.8 Å². The van der Waals surface area contributed by atoms with Crippen LogP contribution in [0.15, 0.2) is 58.4 Å². The van der Waals surface area contributed by atoms with E-state index >= 15 is 0 Å². The molecule has 2 rings (SSSR count). The maximum atomic E-state index is 12.7. The quantitative estimate of drug-likeness (QED) is 0.810. The van der Waals surface area contributed by atoms with E-state index in [-0.39, 0.29) is 10.7 Å². The Morgan fingerprint density at radius 2 is 1.58 bits per heavy atom. The molecule has 0 aliphatic heterocycles. The average Bonchev–Trinajstić information content (AvgIpc) is 2.37. The molecule has 98 valence electrons. The predicted molar refractivity (Wildman–Crippen MR) is 73.2 cm³/mol. The molecule has 2 aromatic rings. The molecule has 19 heavy (non-hydrogen) atoms. The van der Waals surface area contributed by atoms with Gasteiger partial charge < -0.3 is 0 Å². The summed E-state index contributed by atoms with van der Waals surface area (Å²) in [6.07, 6.45) is 2.76. The van der Waals surface area contributed by atoms with Gasteiger partial charge in [0.1, 0.15) is 5.82 Å². The summed E-state index contributed by atoms with van der Waals surface area (Å²) in [5.41, 5.74) is 1.41. The Hall–Kier alpha value is -2.01. The summed E-state index contributed by atoms with van der Waals surface area (Å²) < 4.78 is 35.3. The third-order valence-electron chi connectivity index (χ3n) is 2.50. The summed E-state index contributed by atoms with van der Waals surface area (Å²) in [5.74, 6) is -0.309. The first-order valence-electron chi connectivity index (χ1n) is 5.55. The van der Waals surface area contributed by atoms with Crippen LogP contribution in [0.25, 0.3) is 0 Å². The Kier molecular flexibility index (Phi) is 3.76. The van der Waals surface area contributed by atoms with Crippen molar-refractivity contribution in [3.05, 3.63) is 59.9 Å². The molecule has 5 heteroatoms. The van der Waals surface area contributed by atoms with Gasteiger partial charge in [-0.2, -0.15) is 0 Å². The third kappa shape index (κ3) is 3.72. The standard InChI is InChI=1S/C14H12FNO2S/c1-19(17,18)14-8-2-11(3-9-14)10-16-13-6-4-12(15)5-7-13/h2-10H,1H3. The lowest BCUT2D eigenvalue weighted by Gasteiger charge is -1.98. The van der Waals surface area contributed by atoms with Gasteiger partial charge >= 0.3 is 0 Å². The van der Waals surface area contributed by atoms with Crippen LogP contribution in [0.3, 0.4) is 0 Å². The van der Waals surface area contributed by atoms with E-state index in [1.54, 1.807) is 30.5 Å². The zero-order chi connectivity index (χ0) is 13.9. The largest absolute Gasteiger partial charge is 0.256 e. The number of nitrogens with zero attached hydrogens (tertiary/aromatic N) is 1. The molecule has 0 heterocycles. The number of hydrogen-bond acceptors (Lipinski definition) is 3. The van der Waals surface area contributed by atoms with Crippen molar-refractivity contribution in [1.29, 1.82) is 0 Å². The third-order valence-corrected chi connectivity index (χ3v) is 3.63. The van der Waals surface area contributed by atoms with E-state index in [9.17, 15) is 12.8 Å². The van der Waals surface area contributed by atoms with E-state index in [4.69, 9.17) is 0 Å². The lowest BCUT2D eigenvalue weighted by molar-refractivity contribution is 0.602. The van der Waals surface area contributed by atoms with Crippen molar-refractivity contribution in [2.45, 2.75) is 4.90 Å². The Labute approximate surface area is 111 Å². The molecule has 0 saturated heterocycles. The summed E-state index contributed by atoms with van der Waals surface area (Å²) in [5, 5.41) is 0. The number of rotatable bonds is 3. The van der Waals surface area contributed by atoms with Gasteiger partial charge in [-0.1, -0.05) is 12.1 Å². The first kappa shape index (κ1) is 13.4. The first-order chi connectivity index (χ1) is 8.95. The van der Waals surface area contributed by atoms with Gasteiger partial charge in [-0.25, -0.2) is 12.8 Å². The Balaban J connectivity index is 2.18. The van der Waals surface area contributed by atoms with Crippen LogP contribution in [0.4, 0.5) is 10.1 Å². The molecule has 0 aliphatic carbocycles. The van der Waals surface area contributed by atoms with Crippen LogP contribution in [0.5, 0.6) is 0 Å². The SMILES string of the molecule is CS(=O)(=O)c1ccc(C=Nc2ccc(F)cc2)cc1. The Bertz CT molecular complexity index is 689. The first-order valence-corrected chi connectivity index (χ1v) is 7.44. The van der Waals surface area contributed by atoms with Crippen molar-refractivity contribution in [3.8, 4) is 0 Å². The van der Waals surface area contributed by atoms with Gasteiger partial charge in [-0.05, 0) is 42.0 Å². The van der Waals surface area contributed by atoms with Crippen LogP contribution in [0, 0.1) is 5.82 Å². The highest BCUT2D eigenvalue weighted by Crippen LogP contribution is 2.13. The van der Waals surface area contributed by atoms with Gasteiger partial charge in [0.15, 0.2) is 9.84 Å². The normalized spacial score (nSPS) is 11.9. The molecule has 0 spiro atoms. The van der Waals surface area contributed by atoms with E-state index in [0.29, 0.717) is 5.69 Å². The van der Waals surface area contributed by atoms with Gasteiger partial charge in [-0.3, -0.25) is 4.99 Å². The zero-order valence-corrected chi connectivity index (χ0v) is 11.1. The van der Waals surface area contributed by atoms with Crippen LogP contribution in [-0.4, -0.2) is 20.9 Å². The maximum absolute atomic E-state index is 12.7. The average molecular weight is 277 g/mol. The molecule has 0 fully saturated rings. The summed E-state index contributed by atoms with van der Waals surface area (Å²) in [4.78, 5) is 4.44. The number of benzene rings is 2. The second-order valence-electron chi connectivity index (χ2n) is 4.08. The molecule has 0 aliphatic rings. The molecule has 0 atom stereocenters. The highest BCUT2D eigenvalue weighted by Gasteiger charge is 2.05. The van der Waals surface area contributed by atoms with Crippen molar-refractivity contribution >= 4 is 21.7 Å². The molecule has 0 unspecified atom stereocenters. The maximum Gasteiger partial charge on any atom is 0.175 e. The van der Waals surface area contributed by atoms with Crippen LogP contribution >= 0.6 is 0 Å². The van der Waals surface area contributed by atoms with Crippen molar-refractivity contribution in [3.63, 3.8) is 0 Å². The fourth-order valence-corrected chi connectivity index (χ4v) is 2.11. The Morgan fingerprint density at radius 3 is 2.11 bits per heavy atom. The molecule has 0 N–H and O–H groups in total.